The zero-order valence-electron chi connectivity index (χ0n) is 20.8. The van der Waals surface area contributed by atoms with Crippen LogP contribution in [0.2, 0.25) is 5.02 Å². The molecule has 3 rings (SSSR count). The molecular weight excluding hydrogens is 504 g/mol. The minimum absolute atomic E-state index is 0.0804. The zero-order chi connectivity index (χ0) is 26.5. The van der Waals surface area contributed by atoms with E-state index < -0.39 is 22.5 Å². The molecule has 0 fully saturated rings. The molecule has 0 aliphatic carbocycles. The first-order valence-corrected chi connectivity index (χ1v) is 12.8. The molecule has 1 amide bonds. The molecule has 0 saturated carbocycles. The zero-order valence-corrected chi connectivity index (χ0v) is 22.4. The van der Waals surface area contributed by atoms with Crippen molar-refractivity contribution in [2.75, 3.05) is 32.2 Å². The molecule has 0 spiro atoms. The Morgan fingerprint density at radius 2 is 1.58 bits per heavy atom. The molecule has 0 aliphatic heterocycles. The summed E-state index contributed by atoms with van der Waals surface area (Å²) in [6, 6.07) is 14.7. The van der Waals surface area contributed by atoms with Gasteiger partial charge in [-0.15, -0.1) is 0 Å². The number of rotatable bonds is 10. The SMILES string of the molecule is COc1ccc(CNC(=O)CN(c2ccc(Cl)cc2C)S(=O)(=O)c2ccc(C)cc2)c(OC)c1OC. The number of anilines is 1. The number of carbonyl (C=O) groups excluding carboxylic acids is 1. The highest BCUT2D eigenvalue weighted by Gasteiger charge is 2.28. The molecule has 0 heterocycles. The molecule has 0 unspecified atom stereocenters. The van der Waals surface area contributed by atoms with E-state index >= 15 is 0 Å². The van der Waals surface area contributed by atoms with E-state index in [2.05, 4.69) is 5.32 Å². The van der Waals surface area contributed by atoms with Crippen molar-refractivity contribution in [2.45, 2.75) is 25.3 Å². The average molecular weight is 533 g/mol. The van der Waals surface area contributed by atoms with Crippen LogP contribution in [-0.4, -0.2) is 42.2 Å². The third kappa shape index (κ3) is 5.85. The van der Waals surface area contributed by atoms with Gasteiger partial charge >= 0.3 is 0 Å². The van der Waals surface area contributed by atoms with Crippen LogP contribution in [0.15, 0.2) is 59.5 Å². The van der Waals surface area contributed by atoms with E-state index in [-0.39, 0.29) is 11.4 Å². The lowest BCUT2D eigenvalue weighted by atomic mass is 10.1. The highest BCUT2D eigenvalue weighted by atomic mass is 35.5. The van der Waals surface area contributed by atoms with Gasteiger partial charge in [-0.1, -0.05) is 29.3 Å². The maximum absolute atomic E-state index is 13.6. The van der Waals surface area contributed by atoms with Crippen LogP contribution in [0.1, 0.15) is 16.7 Å². The molecule has 0 radical (unpaired) electrons. The van der Waals surface area contributed by atoms with Crippen molar-refractivity contribution in [2.24, 2.45) is 0 Å². The lowest BCUT2D eigenvalue weighted by molar-refractivity contribution is -0.119. The van der Waals surface area contributed by atoms with Gasteiger partial charge in [0, 0.05) is 17.1 Å². The van der Waals surface area contributed by atoms with E-state index in [0.717, 1.165) is 9.87 Å². The van der Waals surface area contributed by atoms with Crippen LogP contribution in [0.25, 0.3) is 0 Å². The normalized spacial score (nSPS) is 11.1. The van der Waals surface area contributed by atoms with Crippen LogP contribution in [0, 0.1) is 13.8 Å². The molecule has 1 N–H and O–H groups in total. The second-order valence-electron chi connectivity index (χ2n) is 8.03. The van der Waals surface area contributed by atoms with Gasteiger partial charge in [-0.3, -0.25) is 9.10 Å². The maximum atomic E-state index is 13.6. The van der Waals surface area contributed by atoms with Gasteiger partial charge in [-0.05, 0) is 61.9 Å². The Morgan fingerprint density at radius 3 is 2.17 bits per heavy atom. The van der Waals surface area contributed by atoms with Crippen LogP contribution >= 0.6 is 11.6 Å². The Morgan fingerprint density at radius 1 is 0.917 bits per heavy atom. The second-order valence-corrected chi connectivity index (χ2v) is 10.3. The lowest BCUT2D eigenvalue weighted by Crippen LogP contribution is -2.41. The number of hydrogen-bond donors (Lipinski definition) is 1. The van der Waals surface area contributed by atoms with Gasteiger partial charge in [0.15, 0.2) is 11.5 Å². The average Bonchev–Trinajstić information content (AvgIpc) is 2.85. The van der Waals surface area contributed by atoms with E-state index in [1.54, 1.807) is 49.4 Å². The van der Waals surface area contributed by atoms with E-state index in [4.69, 9.17) is 25.8 Å². The van der Waals surface area contributed by atoms with Gasteiger partial charge < -0.3 is 19.5 Å². The molecule has 36 heavy (non-hydrogen) atoms. The van der Waals surface area contributed by atoms with Crippen LogP contribution in [-0.2, 0) is 21.4 Å². The number of carbonyl (C=O) groups is 1. The third-order valence-corrected chi connectivity index (χ3v) is 7.59. The van der Waals surface area contributed by atoms with E-state index in [0.29, 0.717) is 39.1 Å². The summed E-state index contributed by atoms with van der Waals surface area (Å²) in [6.45, 7) is 3.26. The van der Waals surface area contributed by atoms with Crippen molar-refractivity contribution in [1.29, 1.82) is 0 Å². The summed E-state index contributed by atoms with van der Waals surface area (Å²) in [5, 5.41) is 3.25. The lowest BCUT2D eigenvalue weighted by Gasteiger charge is -2.26. The fourth-order valence-corrected chi connectivity index (χ4v) is 5.43. The minimum atomic E-state index is -4.05. The van der Waals surface area contributed by atoms with Gasteiger partial charge in [0.05, 0.1) is 31.9 Å². The number of nitrogens with zero attached hydrogens (tertiary/aromatic N) is 1. The number of halogens is 1. The highest BCUT2D eigenvalue weighted by molar-refractivity contribution is 7.92. The number of hydrogen-bond acceptors (Lipinski definition) is 6. The van der Waals surface area contributed by atoms with Crippen molar-refractivity contribution < 1.29 is 27.4 Å². The Hall–Kier alpha value is -3.43. The molecule has 0 saturated heterocycles. The van der Waals surface area contributed by atoms with E-state index in [9.17, 15) is 13.2 Å². The summed E-state index contributed by atoms with van der Waals surface area (Å²) in [5.74, 6) is 0.789. The standard InChI is InChI=1S/C26H29ClN2O6S/c1-17-6-10-21(11-7-17)36(31,32)29(22-12-9-20(27)14-18(22)2)16-24(30)28-15-19-8-13-23(33-3)26(35-5)25(19)34-4/h6-14H,15-16H2,1-5H3,(H,28,30). The van der Waals surface area contributed by atoms with Gasteiger partial charge in [0.2, 0.25) is 11.7 Å². The van der Waals surface area contributed by atoms with Crippen LogP contribution in [0.5, 0.6) is 17.2 Å². The van der Waals surface area contributed by atoms with Crippen molar-refractivity contribution >= 4 is 33.2 Å². The number of nitrogens with one attached hydrogen (secondary N) is 1. The Balaban J connectivity index is 1.91. The highest BCUT2D eigenvalue weighted by Crippen LogP contribution is 2.39. The van der Waals surface area contributed by atoms with Gasteiger partial charge in [0.1, 0.15) is 6.54 Å². The molecule has 0 aromatic heterocycles. The van der Waals surface area contributed by atoms with Crippen molar-refractivity contribution in [3.63, 3.8) is 0 Å². The quantitative estimate of drug-likeness (QED) is 0.413. The summed E-state index contributed by atoms with van der Waals surface area (Å²) >= 11 is 6.09. The first-order chi connectivity index (χ1) is 17.1. The van der Waals surface area contributed by atoms with Crippen molar-refractivity contribution in [3.05, 3.63) is 76.3 Å². The number of sulfonamides is 1. The van der Waals surface area contributed by atoms with Gasteiger partial charge in [0.25, 0.3) is 10.0 Å². The van der Waals surface area contributed by atoms with Gasteiger partial charge in [-0.25, -0.2) is 8.42 Å². The number of ether oxygens (including phenoxy) is 3. The topological polar surface area (TPSA) is 94.2 Å². The summed E-state index contributed by atoms with van der Waals surface area (Å²) in [5.41, 5.74) is 2.54. The molecule has 3 aromatic carbocycles. The van der Waals surface area contributed by atoms with Gasteiger partial charge in [-0.2, -0.15) is 0 Å². The first kappa shape index (κ1) is 27.2. The summed E-state index contributed by atoms with van der Waals surface area (Å²) < 4.78 is 44.5. The molecule has 3 aromatic rings. The first-order valence-electron chi connectivity index (χ1n) is 11.0. The number of aryl methyl sites for hydroxylation is 2. The number of amides is 1. The smallest absolute Gasteiger partial charge is 0.264 e. The van der Waals surface area contributed by atoms with Crippen molar-refractivity contribution in [1.82, 2.24) is 5.32 Å². The van der Waals surface area contributed by atoms with E-state index in [1.165, 1.54) is 33.5 Å². The summed E-state index contributed by atoms with van der Waals surface area (Å²) in [7, 11) is 0.445. The molecule has 8 nitrogen and oxygen atoms in total. The fraction of sp³-hybridized carbons (Fsp3) is 0.269. The fourth-order valence-electron chi connectivity index (χ4n) is 3.72. The third-order valence-electron chi connectivity index (χ3n) is 5.59. The largest absolute Gasteiger partial charge is 0.493 e. The number of methoxy groups -OCH3 is 3. The molecule has 0 bridgehead atoms. The molecular formula is C26H29ClN2O6S. The summed E-state index contributed by atoms with van der Waals surface area (Å²) in [6.07, 6.45) is 0. The minimum Gasteiger partial charge on any atom is -0.493 e. The predicted octanol–water partition coefficient (Wildman–Crippen LogP) is 4.49. The second kappa shape index (κ2) is 11.5. The predicted molar refractivity (Wildman–Crippen MR) is 140 cm³/mol. The molecule has 0 atom stereocenters. The van der Waals surface area contributed by atoms with Crippen LogP contribution in [0.4, 0.5) is 5.69 Å². The van der Waals surface area contributed by atoms with Crippen molar-refractivity contribution in [3.8, 4) is 17.2 Å². The summed E-state index contributed by atoms with van der Waals surface area (Å²) in [4.78, 5) is 13.1. The van der Waals surface area contributed by atoms with Crippen LogP contribution in [0.3, 0.4) is 0 Å². The number of benzene rings is 3. The Kier molecular flexibility index (Phi) is 8.70. The molecule has 192 valence electrons. The Bertz CT molecular complexity index is 1340. The molecule has 10 heteroatoms. The molecule has 0 aliphatic rings. The van der Waals surface area contributed by atoms with Crippen LogP contribution < -0.4 is 23.8 Å². The van der Waals surface area contributed by atoms with E-state index in [1.807, 2.05) is 6.92 Å². The monoisotopic (exact) mass is 532 g/mol. The Labute approximate surface area is 216 Å². The maximum Gasteiger partial charge on any atom is 0.264 e.